The molecule has 1 aliphatic carbocycles. The minimum atomic E-state index is -1.13. The van der Waals surface area contributed by atoms with Gasteiger partial charge in [0.05, 0.1) is 5.69 Å². The van der Waals surface area contributed by atoms with Crippen LogP contribution in [0.1, 0.15) is 25.7 Å². The minimum Gasteiger partial charge on any atom is -0.550 e. The lowest BCUT2D eigenvalue weighted by Crippen LogP contribution is -2.42. The number of hydrogen-bond donors (Lipinski definition) is 1. The zero-order valence-corrected chi connectivity index (χ0v) is 15.2. The summed E-state index contributed by atoms with van der Waals surface area (Å²) in [4.78, 5) is 28.1. The van der Waals surface area contributed by atoms with E-state index in [0.717, 1.165) is 28.6 Å². The lowest BCUT2D eigenvalue weighted by Gasteiger charge is -2.30. The van der Waals surface area contributed by atoms with Crippen LogP contribution >= 0.6 is 27.3 Å². The predicted octanol–water partition coefficient (Wildman–Crippen LogP) is 3.07. The van der Waals surface area contributed by atoms with Gasteiger partial charge in [0.15, 0.2) is 5.13 Å². The molecule has 126 valence electrons. The highest BCUT2D eigenvalue weighted by molar-refractivity contribution is 9.10. The van der Waals surface area contributed by atoms with Gasteiger partial charge in [-0.15, -0.1) is 11.3 Å². The number of carbonyl (C=O) groups excluding carboxylic acids is 2. The summed E-state index contributed by atoms with van der Waals surface area (Å²) in [5.41, 5.74) is 1.74. The number of carboxylic acid groups (broad SMARTS) is 1. The van der Waals surface area contributed by atoms with Gasteiger partial charge in [0.2, 0.25) is 5.91 Å². The van der Waals surface area contributed by atoms with Gasteiger partial charge in [0.25, 0.3) is 0 Å². The molecule has 0 bridgehead atoms. The SMILES string of the molecule is O=C([O-])[C@H]1CCCC[C@@H]1C(=O)Nc1nc(-c2ccc(Br)cc2)cs1. The quantitative estimate of drug-likeness (QED) is 0.843. The van der Waals surface area contributed by atoms with Crippen LogP contribution in [-0.4, -0.2) is 16.9 Å². The summed E-state index contributed by atoms with van der Waals surface area (Å²) in [5.74, 6) is -2.65. The van der Waals surface area contributed by atoms with E-state index < -0.39 is 17.8 Å². The Balaban J connectivity index is 1.70. The number of benzene rings is 1. The molecule has 1 aliphatic rings. The number of amides is 1. The molecule has 5 nitrogen and oxygen atoms in total. The molecule has 2 atom stereocenters. The van der Waals surface area contributed by atoms with Crippen LogP contribution in [0.15, 0.2) is 34.1 Å². The molecular formula is C17H16BrN2O3S-. The van der Waals surface area contributed by atoms with Gasteiger partial charge in [-0.25, -0.2) is 4.98 Å². The van der Waals surface area contributed by atoms with Gasteiger partial charge in [-0.1, -0.05) is 40.9 Å². The maximum absolute atomic E-state index is 12.4. The Morgan fingerprint density at radius 1 is 1.17 bits per heavy atom. The number of thiazole rings is 1. The number of hydrogen-bond acceptors (Lipinski definition) is 5. The largest absolute Gasteiger partial charge is 0.550 e. The first-order chi connectivity index (χ1) is 11.5. The molecular weight excluding hydrogens is 392 g/mol. The van der Waals surface area contributed by atoms with Crippen molar-refractivity contribution in [1.29, 1.82) is 0 Å². The van der Waals surface area contributed by atoms with Crippen LogP contribution in [0, 0.1) is 11.8 Å². The van der Waals surface area contributed by atoms with Gasteiger partial charge in [0, 0.05) is 33.2 Å². The van der Waals surface area contributed by atoms with Crippen molar-refractivity contribution in [3.05, 3.63) is 34.1 Å². The fourth-order valence-corrected chi connectivity index (χ4v) is 4.00. The summed E-state index contributed by atoms with van der Waals surface area (Å²) in [6.07, 6.45) is 2.77. The molecule has 24 heavy (non-hydrogen) atoms. The smallest absolute Gasteiger partial charge is 0.229 e. The molecule has 7 heteroatoms. The normalized spacial score (nSPS) is 20.5. The summed E-state index contributed by atoms with van der Waals surface area (Å²) in [5, 5.41) is 16.4. The van der Waals surface area contributed by atoms with Crippen LogP contribution in [0.2, 0.25) is 0 Å². The molecule has 0 spiro atoms. The van der Waals surface area contributed by atoms with Gasteiger partial charge in [0.1, 0.15) is 0 Å². The van der Waals surface area contributed by atoms with Crippen LogP contribution in [0.5, 0.6) is 0 Å². The molecule has 1 aromatic heterocycles. The molecule has 0 unspecified atom stereocenters. The highest BCUT2D eigenvalue weighted by atomic mass is 79.9. The van der Waals surface area contributed by atoms with E-state index in [1.54, 1.807) is 0 Å². The van der Waals surface area contributed by atoms with Gasteiger partial charge >= 0.3 is 0 Å². The fourth-order valence-electron chi connectivity index (χ4n) is 3.01. The molecule has 1 N–H and O–H groups in total. The molecule has 1 aromatic carbocycles. The van der Waals surface area contributed by atoms with E-state index in [1.165, 1.54) is 11.3 Å². The second-order valence-corrected chi connectivity index (χ2v) is 7.62. The number of carboxylic acids is 1. The zero-order valence-electron chi connectivity index (χ0n) is 12.8. The van der Waals surface area contributed by atoms with E-state index in [9.17, 15) is 14.7 Å². The first kappa shape index (κ1) is 17.1. The second-order valence-electron chi connectivity index (χ2n) is 5.85. The first-order valence-corrected chi connectivity index (χ1v) is 9.45. The van der Waals surface area contributed by atoms with Crippen LogP contribution in [-0.2, 0) is 9.59 Å². The van der Waals surface area contributed by atoms with Crippen molar-refractivity contribution in [1.82, 2.24) is 4.98 Å². The molecule has 3 rings (SSSR count). The summed E-state index contributed by atoms with van der Waals surface area (Å²) >= 11 is 4.72. The monoisotopic (exact) mass is 407 g/mol. The van der Waals surface area contributed by atoms with Gasteiger partial charge < -0.3 is 15.2 Å². The average molecular weight is 408 g/mol. The number of aromatic nitrogens is 1. The maximum atomic E-state index is 12.4. The predicted molar refractivity (Wildman–Crippen MR) is 94.3 cm³/mol. The Labute approximate surface area is 152 Å². The lowest BCUT2D eigenvalue weighted by atomic mass is 9.79. The highest BCUT2D eigenvalue weighted by Crippen LogP contribution is 2.32. The molecule has 1 saturated carbocycles. The number of halogens is 1. The minimum absolute atomic E-state index is 0.277. The Morgan fingerprint density at radius 3 is 2.50 bits per heavy atom. The highest BCUT2D eigenvalue weighted by Gasteiger charge is 2.32. The fraction of sp³-hybridized carbons (Fsp3) is 0.353. The van der Waals surface area contributed by atoms with E-state index in [2.05, 4.69) is 26.2 Å². The van der Waals surface area contributed by atoms with E-state index in [1.807, 2.05) is 29.6 Å². The number of nitrogens with zero attached hydrogens (tertiary/aromatic N) is 1. The summed E-state index contributed by atoms with van der Waals surface area (Å²) < 4.78 is 0.987. The molecule has 1 amide bonds. The van der Waals surface area contributed by atoms with Crippen molar-refractivity contribution in [2.45, 2.75) is 25.7 Å². The Morgan fingerprint density at radius 2 is 1.83 bits per heavy atom. The Bertz CT molecular complexity index is 745. The van der Waals surface area contributed by atoms with Crippen LogP contribution in [0.4, 0.5) is 5.13 Å². The third-order valence-electron chi connectivity index (χ3n) is 4.28. The number of nitrogens with one attached hydrogen (secondary N) is 1. The molecule has 1 fully saturated rings. The van der Waals surface area contributed by atoms with E-state index in [0.29, 0.717) is 18.0 Å². The number of rotatable bonds is 4. The summed E-state index contributed by atoms with van der Waals surface area (Å²) in [6.45, 7) is 0. The van der Waals surface area contributed by atoms with Gasteiger partial charge in [-0.2, -0.15) is 0 Å². The van der Waals surface area contributed by atoms with Gasteiger partial charge in [-0.05, 0) is 25.0 Å². The molecule has 2 aromatic rings. The molecule has 1 heterocycles. The van der Waals surface area contributed by atoms with Crippen molar-refractivity contribution in [3.63, 3.8) is 0 Å². The summed E-state index contributed by atoms with van der Waals surface area (Å²) in [7, 11) is 0. The van der Waals surface area contributed by atoms with Crippen LogP contribution in [0.25, 0.3) is 11.3 Å². The van der Waals surface area contributed by atoms with Crippen LogP contribution in [0.3, 0.4) is 0 Å². The summed E-state index contributed by atoms with van der Waals surface area (Å²) in [6, 6.07) is 7.74. The van der Waals surface area contributed by atoms with Crippen molar-refractivity contribution in [3.8, 4) is 11.3 Å². The maximum Gasteiger partial charge on any atom is 0.229 e. The molecule has 0 saturated heterocycles. The second kappa shape index (κ2) is 7.44. The van der Waals surface area contributed by atoms with Crippen molar-refractivity contribution < 1.29 is 14.7 Å². The number of aliphatic carboxylic acids is 1. The van der Waals surface area contributed by atoms with E-state index in [4.69, 9.17) is 0 Å². The van der Waals surface area contributed by atoms with Crippen molar-refractivity contribution in [2.75, 3.05) is 5.32 Å². The van der Waals surface area contributed by atoms with Gasteiger partial charge in [-0.3, -0.25) is 4.79 Å². The van der Waals surface area contributed by atoms with Crippen molar-refractivity contribution >= 4 is 44.3 Å². The zero-order chi connectivity index (χ0) is 17.1. The molecule has 0 radical (unpaired) electrons. The molecule has 0 aliphatic heterocycles. The lowest BCUT2D eigenvalue weighted by molar-refractivity contribution is -0.313. The Hall–Kier alpha value is -1.73. The number of carbonyl (C=O) groups is 2. The first-order valence-electron chi connectivity index (χ1n) is 7.78. The van der Waals surface area contributed by atoms with E-state index in [-0.39, 0.29) is 5.91 Å². The third-order valence-corrected chi connectivity index (χ3v) is 5.57. The van der Waals surface area contributed by atoms with Crippen molar-refractivity contribution in [2.24, 2.45) is 11.8 Å². The standard InChI is InChI=1S/C17H17BrN2O3S/c18-11-7-5-10(6-8-11)14-9-24-17(19-14)20-15(21)12-3-1-2-4-13(12)16(22)23/h5-9,12-13H,1-4H2,(H,22,23)(H,19,20,21)/p-1/t12-,13-/m0/s1. The average Bonchev–Trinajstić information content (AvgIpc) is 3.04. The van der Waals surface area contributed by atoms with E-state index >= 15 is 0 Å². The number of anilines is 1. The van der Waals surface area contributed by atoms with Crippen LogP contribution < -0.4 is 10.4 Å². The third kappa shape index (κ3) is 3.84. The Kier molecular flexibility index (Phi) is 5.30. The topological polar surface area (TPSA) is 82.1 Å².